The summed E-state index contributed by atoms with van der Waals surface area (Å²) in [6.45, 7) is 1.20. The zero-order valence-corrected chi connectivity index (χ0v) is 11.3. The van der Waals surface area contributed by atoms with Crippen molar-refractivity contribution in [1.29, 1.82) is 0 Å². The van der Waals surface area contributed by atoms with Crippen LogP contribution in [-0.4, -0.2) is 29.6 Å². The summed E-state index contributed by atoms with van der Waals surface area (Å²) in [5, 5.41) is 10.9. The molecule has 92 valence electrons. The van der Waals surface area contributed by atoms with Crippen LogP contribution < -0.4 is 10.1 Å². The number of amides is 1. The number of carboxylic acids is 1. The molecule has 0 aliphatic rings. The molecular weight excluding hydrogens is 337 g/mol. The van der Waals surface area contributed by atoms with Crippen molar-refractivity contribution in [1.82, 2.24) is 5.32 Å². The predicted octanol–water partition coefficient (Wildman–Crippen LogP) is 1.26. The van der Waals surface area contributed by atoms with Crippen LogP contribution in [0.15, 0.2) is 24.3 Å². The van der Waals surface area contributed by atoms with Crippen molar-refractivity contribution in [2.45, 2.75) is 13.0 Å². The third kappa shape index (κ3) is 5.03. The average Bonchev–Trinajstić information content (AvgIpc) is 2.26. The zero-order chi connectivity index (χ0) is 12.8. The molecule has 0 saturated carbocycles. The smallest absolute Gasteiger partial charge is 0.325 e. The normalized spacial score (nSPS) is 11.6. The Bertz CT molecular complexity index is 422. The van der Waals surface area contributed by atoms with Gasteiger partial charge in [0.1, 0.15) is 11.8 Å². The standard InChI is InChI=1S/C11H12INO4/c1-7(11(15)16)13-10(14)6-17-9-4-2-3-8(12)5-9/h2-5,7H,6H2,1H3,(H,13,14)(H,15,16)/t7-/m0/s1. The van der Waals surface area contributed by atoms with Crippen LogP contribution in [0.2, 0.25) is 0 Å². The van der Waals surface area contributed by atoms with Crippen molar-refractivity contribution in [2.75, 3.05) is 6.61 Å². The number of nitrogens with one attached hydrogen (secondary N) is 1. The Labute approximate surface area is 112 Å². The van der Waals surface area contributed by atoms with Gasteiger partial charge in [-0.1, -0.05) is 6.07 Å². The molecule has 0 fully saturated rings. The van der Waals surface area contributed by atoms with E-state index < -0.39 is 17.9 Å². The number of carbonyl (C=O) groups is 2. The number of aliphatic carboxylic acids is 1. The van der Waals surface area contributed by atoms with E-state index in [0.29, 0.717) is 5.75 Å². The minimum absolute atomic E-state index is 0.197. The molecular formula is C11H12INO4. The van der Waals surface area contributed by atoms with Crippen molar-refractivity contribution in [2.24, 2.45) is 0 Å². The molecule has 2 N–H and O–H groups in total. The highest BCUT2D eigenvalue weighted by Gasteiger charge is 2.13. The van der Waals surface area contributed by atoms with E-state index in [2.05, 4.69) is 27.9 Å². The van der Waals surface area contributed by atoms with Crippen molar-refractivity contribution in [3.05, 3.63) is 27.8 Å². The van der Waals surface area contributed by atoms with E-state index in [-0.39, 0.29) is 6.61 Å². The van der Waals surface area contributed by atoms with Crippen molar-refractivity contribution >= 4 is 34.5 Å². The van der Waals surface area contributed by atoms with Crippen LogP contribution in [0.25, 0.3) is 0 Å². The van der Waals surface area contributed by atoms with Gasteiger partial charge in [0, 0.05) is 3.57 Å². The Balaban J connectivity index is 2.41. The van der Waals surface area contributed by atoms with Gasteiger partial charge in [0.25, 0.3) is 5.91 Å². The highest BCUT2D eigenvalue weighted by molar-refractivity contribution is 14.1. The molecule has 1 amide bonds. The summed E-state index contributed by atoms with van der Waals surface area (Å²) in [6.07, 6.45) is 0. The summed E-state index contributed by atoms with van der Waals surface area (Å²) in [7, 11) is 0. The van der Waals surface area contributed by atoms with Gasteiger partial charge in [0.15, 0.2) is 6.61 Å². The van der Waals surface area contributed by atoms with Crippen molar-refractivity contribution < 1.29 is 19.4 Å². The summed E-state index contributed by atoms with van der Waals surface area (Å²) >= 11 is 2.13. The molecule has 0 saturated heterocycles. The molecule has 1 aromatic rings. The molecule has 5 nitrogen and oxygen atoms in total. The largest absolute Gasteiger partial charge is 0.484 e. The van der Waals surface area contributed by atoms with Gasteiger partial charge in [-0.05, 0) is 47.7 Å². The van der Waals surface area contributed by atoms with Crippen LogP contribution >= 0.6 is 22.6 Å². The predicted molar refractivity (Wildman–Crippen MR) is 69.9 cm³/mol. The first-order chi connectivity index (χ1) is 7.99. The number of carboxylic acid groups (broad SMARTS) is 1. The third-order valence-corrected chi connectivity index (χ3v) is 2.58. The van der Waals surface area contributed by atoms with Crippen LogP contribution in [0, 0.1) is 3.57 Å². The second-order valence-corrected chi connectivity index (χ2v) is 4.62. The monoisotopic (exact) mass is 349 g/mol. The summed E-state index contributed by atoms with van der Waals surface area (Å²) in [5.41, 5.74) is 0. The Hall–Kier alpha value is -1.31. The van der Waals surface area contributed by atoms with E-state index in [1.165, 1.54) is 6.92 Å². The Kier molecular flexibility index (Phi) is 5.20. The number of ether oxygens (including phenoxy) is 1. The number of rotatable bonds is 5. The lowest BCUT2D eigenvalue weighted by molar-refractivity contribution is -0.141. The molecule has 0 bridgehead atoms. The fourth-order valence-corrected chi connectivity index (χ4v) is 1.57. The van der Waals surface area contributed by atoms with Gasteiger partial charge in [0.2, 0.25) is 0 Å². The highest BCUT2D eigenvalue weighted by atomic mass is 127. The molecule has 0 aliphatic heterocycles. The lowest BCUT2D eigenvalue weighted by Crippen LogP contribution is -2.40. The maximum atomic E-state index is 11.3. The molecule has 1 atom stereocenters. The quantitative estimate of drug-likeness (QED) is 0.785. The van der Waals surface area contributed by atoms with Gasteiger partial charge in [-0.15, -0.1) is 0 Å². The molecule has 0 aliphatic carbocycles. The maximum absolute atomic E-state index is 11.3. The molecule has 0 heterocycles. The minimum atomic E-state index is -1.08. The molecule has 0 unspecified atom stereocenters. The fourth-order valence-electron chi connectivity index (χ4n) is 1.05. The van der Waals surface area contributed by atoms with Crippen LogP contribution in [0.4, 0.5) is 0 Å². The summed E-state index contributed by atoms with van der Waals surface area (Å²) in [4.78, 5) is 21.8. The van der Waals surface area contributed by atoms with Gasteiger partial charge in [-0.2, -0.15) is 0 Å². The van der Waals surface area contributed by atoms with E-state index in [0.717, 1.165) is 3.57 Å². The number of hydrogen-bond donors (Lipinski definition) is 2. The van der Waals surface area contributed by atoms with Gasteiger partial charge >= 0.3 is 5.97 Å². The first-order valence-electron chi connectivity index (χ1n) is 4.89. The van der Waals surface area contributed by atoms with E-state index in [9.17, 15) is 9.59 Å². The number of carbonyl (C=O) groups excluding carboxylic acids is 1. The average molecular weight is 349 g/mol. The van der Waals surface area contributed by atoms with Gasteiger partial charge in [-0.3, -0.25) is 9.59 Å². The molecule has 17 heavy (non-hydrogen) atoms. The topological polar surface area (TPSA) is 75.6 Å². The highest BCUT2D eigenvalue weighted by Crippen LogP contribution is 2.14. The Morgan fingerprint density at radius 3 is 2.82 bits per heavy atom. The fraction of sp³-hybridized carbons (Fsp3) is 0.273. The summed E-state index contributed by atoms with van der Waals surface area (Å²) in [6, 6.07) is 6.32. The number of hydrogen-bond acceptors (Lipinski definition) is 3. The van der Waals surface area contributed by atoms with Crippen molar-refractivity contribution in [3.63, 3.8) is 0 Å². The van der Waals surface area contributed by atoms with E-state index in [1.807, 2.05) is 12.1 Å². The maximum Gasteiger partial charge on any atom is 0.325 e. The molecule has 0 aromatic heterocycles. The molecule has 0 radical (unpaired) electrons. The lowest BCUT2D eigenvalue weighted by Gasteiger charge is -2.10. The van der Waals surface area contributed by atoms with Crippen LogP contribution in [0.3, 0.4) is 0 Å². The third-order valence-electron chi connectivity index (χ3n) is 1.91. The summed E-state index contributed by atoms with van der Waals surface area (Å²) in [5.74, 6) is -0.957. The zero-order valence-electron chi connectivity index (χ0n) is 9.14. The van der Waals surface area contributed by atoms with E-state index >= 15 is 0 Å². The van der Waals surface area contributed by atoms with E-state index in [1.54, 1.807) is 12.1 Å². The number of benzene rings is 1. The lowest BCUT2D eigenvalue weighted by atomic mass is 10.3. The van der Waals surface area contributed by atoms with Crippen LogP contribution in [0.5, 0.6) is 5.75 Å². The Morgan fingerprint density at radius 1 is 1.53 bits per heavy atom. The first kappa shape index (κ1) is 13.8. The molecule has 1 rings (SSSR count). The van der Waals surface area contributed by atoms with Crippen molar-refractivity contribution in [3.8, 4) is 5.75 Å². The van der Waals surface area contributed by atoms with Gasteiger partial charge < -0.3 is 15.2 Å². The molecule has 1 aromatic carbocycles. The van der Waals surface area contributed by atoms with Crippen LogP contribution in [-0.2, 0) is 9.59 Å². The Morgan fingerprint density at radius 2 is 2.24 bits per heavy atom. The van der Waals surface area contributed by atoms with Gasteiger partial charge in [0.05, 0.1) is 0 Å². The van der Waals surface area contributed by atoms with Gasteiger partial charge in [-0.25, -0.2) is 0 Å². The number of halogens is 1. The van der Waals surface area contributed by atoms with E-state index in [4.69, 9.17) is 9.84 Å². The SMILES string of the molecule is C[C@H](NC(=O)COc1cccc(I)c1)C(=O)O. The molecule has 0 spiro atoms. The first-order valence-corrected chi connectivity index (χ1v) is 5.97. The second-order valence-electron chi connectivity index (χ2n) is 3.37. The minimum Gasteiger partial charge on any atom is -0.484 e. The summed E-state index contributed by atoms with van der Waals surface area (Å²) < 4.78 is 6.22. The molecule has 6 heteroatoms. The van der Waals surface area contributed by atoms with Crippen LogP contribution in [0.1, 0.15) is 6.92 Å². The second kappa shape index (κ2) is 6.43.